The Morgan fingerprint density at radius 1 is 1.09 bits per heavy atom. The van der Waals surface area contributed by atoms with Gasteiger partial charge >= 0.3 is 0 Å². The Morgan fingerprint density at radius 3 is 2.86 bits per heavy atom. The third-order valence-corrected chi connectivity index (χ3v) is 11.5. The fourth-order valence-corrected chi connectivity index (χ4v) is 9.49. The van der Waals surface area contributed by atoms with E-state index in [9.17, 15) is 5.21 Å². The molecule has 2 saturated heterocycles. The molecule has 35 heavy (non-hydrogen) atoms. The minimum absolute atomic E-state index is 0.0497. The molecule has 6 aliphatic rings. The third kappa shape index (κ3) is 2.66. The van der Waals surface area contributed by atoms with Crippen LogP contribution < -0.4 is 0 Å². The van der Waals surface area contributed by atoms with Crippen molar-refractivity contribution in [3.63, 3.8) is 0 Å². The molecule has 182 valence electrons. The summed E-state index contributed by atoms with van der Waals surface area (Å²) < 4.78 is 7.46. The zero-order valence-corrected chi connectivity index (χ0v) is 20.8. The summed E-state index contributed by atoms with van der Waals surface area (Å²) in [5.41, 5.74) is 4.33. The lowest BCUT2D eigenvalue weighted by atomic mass is 9.58. The Morgan fingerprint density at radius 2 is 2.00 bits per heavy atom. The van der Waals surface area contributed by atoms with Gasteiger partial charge in [-0.2, -0.15) is 0 Å². The Balaban J connectivity index is 1.16. The van der Waals surface area contributed by atoms with Crippen LogP contribution in [0.1, 0.15) is 76.2 Å². The van der Waals surface area contributed by atoms with Crippen LogP contribution in [0.4, 0.5) is 0 Å². The van der Waals surface area contributed by atoms with Crippen molar-refractivity contribution in [1.29, 1.82) is 0 Å². The minimum atomic E-state index is -0.170. The maximum Gasteiger partial charge on any atom is 0.0975 e. The van der Waals surface area contributed by atoms with Gasteiger partial charge in [0.05, 0.1) is 30.3 Å². The summed E-state index contributed by atoms with van der Waals surface area (Å²) in [5.74, 6) is 1.09. The van der Waals surface area contributed by atoms with Crippen LogP contribution in [0.3, 0.4) is 0 Å². The molecule has 2 bridgehead atoms. The van der Waals surface area contributed by atoms with Crippen LogP contribution in [0.5, 0.6) is 0 Å². The number of quaternary nitrogens is 1. The largest absolute Gasteiger partial charge is 0.633 e. The van der Waals surface area contributed by atoms with E-state index in [-0.39, 0.29) is 27.3 Å². The van der Waals surface area contributed by atoms with Crippen molar-refractivity contribution in [1.82, 2.24) is 4.98 Å². The highest BCUT2D eigenvalue weighted by molar-refractivity contribution is 5.82. The zero-order chi connectivity index (χ0) is 23.5. The van der Waals surface area contributed by atoms with Gasteiger partial charge in [-0.05, 0) is 90.0 Å². The highest BCUT2D eigenvalue weighted by Crippen LogP contribution is 2.69. The molecule has 0 amide bonds. The predicted molar refractivity (Wildman–Crippen MR) is 137 cm³/mol. The lowest BCUT2D eigenvalue weighted by Crippen LogP contribution is -2.63. The number of ether oxygens (including phenoxy) is 1. The molecule has 1 aromatic carbocycles. The molecular weight excluding hydrogens is 432 g/mol. The molecule has 6 atom stereocenters. The fourth-order valence-electron chi connectivity index (χ4n) is 9.49. The smallest absolute Gasteiger partial charge is 0.0975 e. The standard InChI is InChI=1S/C31H36N2O2/c1-29-11-9-25-18-24-5-6-26(33(34)15-2-16-33)19-30(24)12-13-31(25,35-30)28(29)8-7-27(29)22-4-3-21-10-14-32-20-23(21)17-22/h3-4,9-10,14,17-18,20,26-28H,2,5-8,11-13,15-16,19H2,1H3/t26-,27-,28-,29-,30?,31-/m1/s1. The molecule has 4 nitrogen and oxygen atoms in total. The van der Waals surface area contributed by atoms with Gasteiger partial charge < -0.3 is 14.6 Å². The van der Waals surface area contributed by atoms with Crippen molar-refractivity contribution in [3.8, 4) is 0 Å². The maximum absolute atomic E-state index is 13.3. The van der Waals surface area contributed by atoms with Crippen molar-refractivity contribution in [3.05, 3.63) is 70.7 Å². The molecule has 2 aromatic rings. The average Bonchev–Trinajstić information content (AvgIpc) is 3.37. The number of likely N-dealkylation sites (tertiary alicyclic amines) is 1. The van der Waals surface area contributed by atoms with Crippen molar-refractivity contribution in [2.24, 2.45) is 11.3 Å². The summed E-state index contributed by atoms with van der Waals surface area (Å²) in [7, 11) is 0. The van der Waals surface area contributed by atoms with Gasteiger partial charge in [0, 0.05) is 37.0 Å². The number of fused-ring (bicyclic) bond motifs is 2. The zero-order valence-electron chi connectivity index (χ0n) is 20.8. The summed E-state index contributed by atoms with van der Waals surface area (Å²) in [4.78, 5) is 4.37. The van der Waals surface area contributed by atoms with Gasteiger partial charge in [0.2, 0.25) is 0 Å². The number of allylic oxidation sites excluding steroid dienone is 1. The number of pyridine rings is 1. The van der Waals surface area contributed by atoms with Gasteiger partial charge in [0.25, 0.3) is 0 Å². The lowest BCUT2D eigenvalue weighted by molar-refractivity contribution is -0.943. The van der Waals surface area contributed by atoms with E-state index in [0.717, 1.165) is 58.0 Å². The van der Waals surface area contributed by atoms with Crippen molar-refractivity contribution >= 4 is 10.8 Å². The first-order valence-corrected chi connectivity index (χ1v) is 14.0. The number of benzene rings is 1. The summed E-state index contributed by atoms with van der Waals surface area (Å²) in [6.45, 7) is 4.18. The number of aromatic nitrogens is 1. The van der Waals surface area contributed by atoms with Crippen LogP contribution in [0.25, 0.3) is 10.8 Å². The van der Waals surface area contributed by atoms with E-state index in [1.807, 2.05) is 12.4 Å². The molecule has 4 fully saturated rings. The molecule has 1 aromatic heterocycles. The van der Waals surface area contributed by atoms with Crippen LogP contribution in [0.2, 0.25) is 0 Å². The van der Waals surface area contributed by atoms with E-state index in [2.05, 4.69) is 48.3 Å². The van der Waals surface area contributed by atoms with Crippen molar-refractivity contribution < 1.29 is 9.38 Å². The van der Waals surface area contributed by atoms with Gasteiger partial charge in [0.1, 0.15) is 0 Å². The second-order valence-electron chi connectivity index (χ2n) is 12.8. The molecule has 0 N–H and O–H groups in total. The third-order valence-electron chi connectivity index (χ3n) is 11.5. The summed E-state index contributed by atoms with van der Waals surface area (Å²) in [5, 5.41) is 15.8. The Hall–Kier alpha value is -2.01. The Labute approximate surface area is 208 Å². The number of nitrogens with zero attached hydrogens (tertiary/aromatic N) is 2. The van der Waals surface area contributed by atoms with E-state index in [0.29, 0.717) is 11.8 Å². The molecule has 4 heteroatoms. The number of rotatable bonds is 2. The van der Waals surface area contributed by atoms with Gasteiger partial charge in [-0.1, -0.05) is 31.2 Å². The predicted octanol–water partition coefficient (Wildman–Crippen LogP) is 6.56. The topological polar surface area (TPSA) is 45.2 Å². The van der Waals surface area contributed by atoms with Crippen LogP contribution in [-0.4, -0.2) is 40.0 Å². The average molecular weight is 469 g/mol. The molecule has 1 unspecified atom stereocenters. The Bertz CT molecular complexity index is 1290. The van der Waals surface area contributed by atoms with Crippen LogP contribution >= 0.6 is 0 Å². The maximum atomic E-state index is 13.3. The quantitative estimate of drug-likeness (QED) is 0.370. The second-order valence-corrected chi connectivity index (χ2v) is 12.8. The summed E-state index contributed by atoms with van der Waals surface area (Å²) in [6.07, 6.45) is 18.9. The van der Waals surface area contributed by atoms with Crippen LogP contribution in [0, 0.1) is 16.5 Å². The molecule has 2 spiro atoms. The monoisotopic (exact) mass is 468 g/mol. The second kappa shape index (κ2) is 6.85. The molecule has 4 heterocycles. The molecule has 3 aliphatic carbocycles. The van der Waals surface area contributed by atoms with Gasteiger partial charge in [0.15, 0.2) is 0 Å². The summed E-state index contributed by atoms with van der Waals surface area (Å²) >= 11 is 0. The van der Waals surface area contributed by atoms with E-state index >= 15 is 0 Å². The van der Waals surface area contributed by atoms with Crippen LogP contribution in [-0.2, 0) is 4.74 Å². The normalized spacial score (nSPS) is 43.0. The lowest BCUT2D eigenvalue weighted by Gasteiger charge is -2.60. The number of hydrogen-bond acceptors (Lipinski definition) is 3. The first kappa shape index (κ1) is 21.1. The minimum Gasteiger partial charge on any atom is -0.633 e. The molecular formula is C31H36N2O2. The number of hydroxylamine groups is 3. The molecule has 3 aliphatic heterocycles. The first-order valence-electron chi connectivity index (χ1n) is 14.0. The summed E-state index contributed by atoms with van der Waals surface area (Å²) in [6, 6.07) is 9.38. The fraction of sp³-hybridized carbons (Fsp3) is 0.581. The van der Waals surface area contributed by atoms with E-state index < -0.39 is 0 Å². The van der Waals surface area contributed by atoms with Crippen LogP contribution in [0.15, 0.2) is 60.0 Å². The van der Waals surface area contributed by atoms with E-state index in [1.165, 1.54) is 40.3 Å². The highest BCUT2D eigenvalue weighted by atomic mass is 16.6. The van der Waals surface area contributed by atoms with Gasteiger partial charge in [-0.15, -0.1) is 0 Å². The molecule has 8 rings (SSSR count). The first-order chi connectivity index (χ1) is 16.9. The van der Waals surface area contributed by atoms with E-state index in [4.69, 9.17) is 4.74 Å². The molecule has 0 radical (unpaired) electrons. The SMILES string of the molecule is C[C@]12CC=C3C=C4CC[C@@H]([N+]5([O-])CCC5)CC45CC[C@]3(O5)[C@@H]1CC[C@@H]2c1ccc2ccncc2c1. The van der Waals surface area contributed by atoms with Gasteiger partial charge in [-0.25, -0.2) is 0 Å². The molecule has 2 saturated carbocycles. The van der Waals surface area contributed by atoms with Crippen molar-refractivity contribution in [2.75, 3.05) is 13.1 Å². The van der Waals surface area contributed by atoms with Gasteiger partial charge in [-0.3, -0.25) is 4.98 Å². The number of hydrogen-bond donors (Lipinski definition) is 0. The van der Waals surface area contributed by atoms with E-state index in [1.54, 1.807) is 0 Å². The highest BCUT2D eigenvalue weighted by Gasteiger charge is 2.67. The Kier molecular flexibility index (Phi) is 4.13. The van der Waals surface area contributed by atoms with Crippen molar-refractivity contribution in [2.45, 2.75) is 87.9 Å².